The summed E-state index contributed by atoms with van der Waals surface area (Å²) < 4.78 is 4.98. The highest BCUT2D eigenvalue weighted by molar-refractivity contribution is 5.76. The van der Waals surface area contributed by atoms with E-state index < -0.39 is 0 Å². The molecule has 0 aliphatic rings. The highest BCUT2D eigenvalue weighted by Crippen LogP contribution is 2.16. The number of hydrogen-bond donors (Lipinski definition) is 1. The number of aryl methyl sites for hydroxylation is 3. The number of nitrogens with one attached hydrogen (secondary N) is 1. The predicted octanol–water partition coefficient (Wildman–Crippen LogP) is 2.50. The third-order valence-corrected chi connectivity index (χ3v) is 3.17. The average Bonchev–Trinajstić information content (AvgIpc) is 2.82. The summed E-state index contributed by atoms with van der Waals surface area (Å²) in [5, 5.41) is 6.68. The summed E-state index contributed by atoms with van der Waals surface area (Å²) in [5.74, 6) is 1.08. The minimum absolute atomic E-state index is 0.00637. The molecule has 1 unspecified atom stereocenters. The fourth-order valence-corrected chi connectivity index (χ4v) is 2.13. The van der Waals surface area contributed by atoms with Gasteiger partial charge < -0.3 is 9.84 Å². The Balaban J connectivity index is 1.87. The van der Waals surface area contributed by atoms with Crippen molar-refractivity contribution in [1.29, 1.82) is 0 Å². The van der Waals surface area contributed by atoms with E-state index in [0.717, 1.165) is 5.56 Å². The largest absolute Gasteiger partial charge is 0.350 e. The maximum Gasteiger partial charge on any atom is 0.227 e. The van der Waals surface area contributed by atoms with Crippen LogP contribution in [0.25, 0.3) is 0 Å². The van der Waals surface area contributed by atoms with Gasteiger partial charge in [-0.25, -0.2) is 0 Å². The molecule has 0 fully saturated rings. The molecule has 1 heterocycles. The molecule has 0 saturated heterocycles. The zero-order chi connectivity index (χ0) is 14.5. The molecule has 20 heavy (non-hydrogen) atoms. The molecule has 1 aromatic heterocycles. The van der Waals surface area contributed by atoms with E-state index in [1.807, 2.05) is 38.1 Å². The van der Waals surface area contributed by atoms with Gasteiger partial charge in [0.25, 0.3) is 0 Å². The molecule has 1 amide bonds. The average molecular weight is 273 g/mol. The van der Waals surface area contributed by atoms with E-state index in [-0.39, 0.29) is 11.9 Å². The van der Waals surface area contributed by atoms with Gasteiger partial charge in [0.15, 0.2) is 5.82 Å². The molecule has 2 aromatic rings. The normalized spacial score (nSPS) is 12.2. The number of amides is 1. The van der Waals surface area contributed by atoms with Crippen molar-refractivity contribution in [3.63, 3.8) is 0 Å². The van der Waals surface area contributed by atoms with Crippen molar-refractivity contribution >= 4 is 5.91 Å². The van der Waals surface area contributed by atoms with Crippen LogP contribution in [0.2, 0.25) is 0 Å². The maximum atomic E-state index is 11.9. The third-order valence-electron chi connectivity index (χ3n) is 3.17. The Labute approximate surface area is 118 Å². The lowest BCUT2D eigenvalue weighted by Crippen LogP contribution is -2.27. The Hall–Kier alpha value is -2.17. The monoisotopic (exact) mass is 273 g/mol. The fourth-order valence-electron chi connectivity index (χ4n) is 2.13. The summed E-state index contributed by atoms with van der Waals surface area (Å²) in [6.07, 6.45) is 0.811. The van der Waals surface area contributed by atoms with Crippen molar-refractivity contribution in [2.75, 3.05) is 0 Å². The molecule has 1 N–H and O–H groups in total. The van der Waals surface area contributed by atoms with Gasteiger partial charge in [0, 0.05) is 12.8 Å². The lowest BCUT2D eigenvalue weighted by atomic mass is 10.0. The Morgan fingerprint density at radius 2 is 2.10 bits per heavy atom. The van der Waals surface area contributed by atoms with Gasteiger partial charge in [0.05, 0.1) is 6.04 Å². The van der Waals surface area contributed by atoms with Gasteiger partial charge in [-0.1, -0.05) is 29.4 Å². The lowest BCUT2D eigenvalue weighted by Gasteiger charge is -2.16. The van der Waals surface area contributed by atoms with Crippen molar-refractivity contribution in [1.82, 2.24) is 15.5 Å². The zero-order valence-corrected chi connectivity index (χ0v) is 12.0. The van der Waals surface area contributed by atoms with Crippen LogP contribution >= 0.6 is 0 Å². The van der Waals surface area contributed by atoms with Gasteiger partial charge in [-0.2, -0.15) is 4.98 Å². The van der Waals surface area contributed by atoms with Crippen LogP contribution in [0.1, 0.15) is 42.2 Å². The van der Waals surface area contributed by atoms with Crippen molar-refractivity contribution in [3.8, 4) is 0 Å². The topological polar surface area (TPSA) is 68.0 Å². The van der Waals surface area contributed by atoms with Crippen LogP contribution < -0.4 is 5.32 Å². The number of rotatable bonds is 5. The second-order valence-corrected chi connectivity index (χ2v) is 4.88. The fraction of sp³-hybridized carbons (Fsp3) is 0.400. The summed E-state index contributed by atoms with van der Waals surface area (Å²) in [5.41, 5.74) is 2.31. The first kappa shape index (κ1) is 14.2. The highest BCUT2D eigenvalue weighted by atomic mass is 16.5. The van der Waals surface area contributed by atoms with Gasteiger partial charge in [0.1, 0.15) is 0 Å². The molecule has 5 heteroatoms. The maximum absolute atomic E-state index is 11.9. The van der Waals surface area contributed by atoms with E-state index in [4.69, 9.17) is 4.52 Å². The first-order valence-electron chi connectivity index (χ1n) is 6.70. The van der Waals surface area contributed by atoms with E-state index in [0.29, 0.717) is 24.6 Å². The molecule has 1 aromatic carbocycles. The van der Waals surface area contributed by atoms with Crippen LogP contribution in [0.15, 0.2) is 28.8 Å². The smallest absolute Gasteiger partial charge is 0.227 e. The Kier molecular flexibility index (Phi) is 4.50. The van der Waals surface area contributed by atoms with E-state index >= 15 is 0 Å². The summed E-state index contributed by atoms with van der Waals surface area (Å²) >= 11 is 0. The van der Waals surface area contributed by atoms with Crippen LogP contribution in [0.5, 0.6) is 0 Å². The first-order chi connectivity index (χ1) is 9.56. The van der Waals surface area contributed by atoms with E-state index in [1.165, 1.54) is 5.56 Å². The summed E-state index contributed by atoms with van der Waals surface area (Å²) in [7, 11) is 0. The summed E-state index contributed by atoms with van der Waals surface area (Å²) in [6.45, 7) is 5.78. The third kappa shape index (κ3) is 3.66. The quantitative estimate of drug-likeness (QED) is 0.908. The number of carbonyl (C=O) groups excluding carboxylic acids is 1. The summed E-state index contributed by atoms with van der Waals surface area (Å²) in [4.78, 5) is 16.0. The molecular formula is C15H19N3O2. The first-order valence-corrected chi connectivity index (χ1v) is 6.70. The number of aromatic nitrogens is 2. The molecule has 0 radical (unpaired) electrons. The molecule has 1 atom stereocenters. The van der Waals surface area contributed by atoms with E-state index in [2.05, 4.69) is 15.5 Å². The van der Waals surface area contributed by atoms with Gasteiger partial charge >= 0.3 is 0 Å². The summed E-state index contributed by atoms with van der Waals surface area (Å²) in [6, 6.07) is 8.03. The number of benzene rings is 1. The Bertz CT molecular complexity index is 592. The molecular weight excluding hydrogens is 254 g/mol. The lowest BCUT2D eigenvalue weighted by molar-refractivity contribution is -0.121. The molecule has 106 valence electrons. The molecule has 2 rings (SSSR count). The molecule has 5 nitrogen and oxygen atoms in total. The number of nitrogens with zero attached hydrogens (tertiary/aromatic N) is 2. The van der Waals surface area contributed by atoms with Crippen molar-refractivity contribution < 1.29 is 9.32 Å². The van der Waals surface area contributed by atoms with Gasteiger partial charge in [-0.15, -0.1) is 0 Å². The van der Waals surface area contributed by atoms with Gasteiger partial charge in [-0.3, -0.25) is 4.79 Å². The van der Waals surface area contributed by atoms with Gasteiger partial charge in [0.2, 0.25) is 11.8 Å². The standard InChI is InChI=1S/C15H19N3O2/c1-10-6-4-5-7-13(10)11(2)16-14(19)8-9-15-17-12(3)18-20-15/h4-7,11H,8-9H2,1-3H3,(H,16,19). The van der Waals surface area contributed by atoms with Gasteiger partial charge in [-0.05, 0) is 31.9 Å². The minimum atomic E-state index is -0.0170. The van der Waals surface area contributed by atoms with Crippen LogP contribution in [0.3, 0.4) is 0 Å². The van der Waals surface area contributed by atoms with E-state index in [9.17, 15) is 4.79 Å². The van der Waals surface area contributed by atoms with Crippen LogP contribution in [-0.4, -0.2) is 16.0 Å². The van der Waals surface area contributed by atoms with Crippen molar-refractivity contribution in [2.24, 2.45) is 0 Å². The molecule has 0 spiro atoms. The van der Waals surface area contributed by atoms with Crippen molar-refractivity contribution in [3.05, 3.63) is 47.1 Å². The highest BCUT2D eigenvalue weighted by Gasteiger charge is 2.12. The number of carbonyl (C=O) groups is 1. The van der Waals surface area contributed by atoms with Crippen LogP contribution in [0, 0.1) is 13.8 Å². The Morgan fingerprint density at radius 3 is 2.75 bits per heavy atom. The SMILES string of the molecule is Cc1noc(CCC(=O)NC(C)c2ccccc2C)n1. The molecule has 0 aliphatic heterocycles. The van der Waals surface area contributed by atoms with Crippen LogP contribution in [-0.2, 0) is 11.2 Å². The van der Waals surface area contributed by atoms with Crippen molar-refractivity contribution in [2.45, 2.75) is 39.7 Å². The second-order valence-electron chi connectivity index (χ2n) is 4.88. The predicted molar refractivity (Wildman–Crippen MR) is 75.1 cm³/mol. The minimum Gasteiger partial charge on any atom is -0.350 e. The molecule has 0 aliphatic carbocycles. The zero-order valence-electron chi connectivity index (χ0n) is 12.0. The second kappa shape index (κ2) is 6.32. The Morgan fingerprint density at radius 1 is 1.35 bits per heavy atom. The van der Waals surface area contributed by atoms with E-state index in [1.54, 1.807) is 6.92 Å². The number of hydrogen-bond acceptors (Lipinski definition) is 4. The molecule has 0 bridgehead atoms. The molecule has 0 saturated carbocycles. The van der Waals surface area contributed by atoms with Crippen LogP contribution in [0.4, 0.5) is 0 Å².